The molecular formula is C26H23N7O4S. The van der Waals surface area contributed by atoms with Gasteiger partial charge in [-0.05, 0) is 49.7 Å². The second-order valence-corrected chi connectivity index (χ2v) is 10.4. The highest BCUT2D eigenvalue weighted by atomic mass is 32.2. The molecule has 0 bridgehead atoms. The van der Waals surface area contributed by atoms with Crippen molar-refractivity contribution in [2.24, 2.45) is 0 Å². The lowest BCUT2D eigenvalue weighted by Crippen LogP contribution is -2.17. The van der Waals surface area contributed by atoms with Crippen molar-refractivity contribution < 1.29 is 18.5 Å². The van der Waals surface area contributed by atoms with Crippen LogP contribution in [0, 0.1) is 30.0 Å². The predicted molar refractivity (Wildman–Crippen MR) is 140 cm³/mol. The Kier molecular flexibility index (Phi) is 7.31. The van der Waals surface area contributed by atoms with Crippen molar-refractivity contribution in [3.05, 3.63) is 77.4 Å². The molecule has 0 aliphatic carbocycles. The third kappa shape index (κ3) is 5.58. The standard InChI is InChI=1S/C26H23N7O4S/c1-15-23(25(34)31-19-6-5-7-20(11-19)38(4,28)35)26(33-32-24(15)18-13-29-16(2)30-14-18)37-21-9-8-17(12-27)10-22(21)36-3/h5-11,13-14,28H,1-4H3,(H,31,34). The molecule has 0 aliphatic heterocycles. The molecule has 1 unspecified atom stereocenters. The van der Waals surface area contributed by atoms with E-state index in [4.69, 9.17) is 14.3 Å². The van der Waals surface area contributed by atoms with Crippen LogP contribution in [0.5, 0.6) is 17.4 Å². The number of hydrogen-bond acceptors (Lipinski definition) is 10. The number of rotatable bonds is 7. The number of benzene rings is 2. The van der Waals surface area contributed by atoms with E-state index in [9.17, 15) is 14.3 Å². The molecule has 1 amide bonds. The summed E-state index contributed by atoms with van der Waals surface area (Å²) >= 11 is 0. The monoisotopic (exact) mass is 529 g/mol. The molecule has 2 N–H and O–H groups in total. The number of nitriles is 1. The number of aromatic nitrogens is 4. The molecule has 4 rings (SSSR count). The highest BCUT2D eigenvalue weighted by molar-refractivity contribution is 7.91. The fourth-order valence-electron chi connectivity index (χ4n) is 3.56. The SMILES string of the molecule is COc1cc(C#N)ccc1Oc1nnc(-c2cnc(C)nc2)c(C)c1C(=O)Nc1cccc(S(C)(=N)=O)c1. The van der Waals surface area contributed by atoms with Crippen LogP contribution < -0.4 is 14.8 Å². The van der Waals surface area contributed by atoms with Gasteiger partial charge in [0.15, 0.2) is 11.5 Å². The lowest BCUT2D eigenvalue weighted by molar-refractivity contribution is 0.102. The molecular weight excluding hydrogens is 506 g/mol. The summed E-state index contributed by atoms with van der Waals surface area (Å²) < 4.78 is 31.4. The van der Waals surface area contributed by atoms with Crippen LogP contribution >= 0.6 is 0 Å². The summed E-state index contributed by atoms with van der Waals surface area (Å²) in [5.41, 5.74) is 2.17. The van der Waals surface area contributed by atoms with E-state index in [-0.39, 0.29) is 27.8 Å². The van der Waals surface area contributed by atoms with Crippen LogP contribution in [-0.2, 0) is 9.73 Å². The number of ether oxygens (including phenoxy) is 2. The minimum atomic E-state index is -2.99. The van der Waals surface area contributed by atoms with Crippen LogP contribution in [0.1, 0.15) is 27.3 Å². The second kappa shape index (κ2) is 10.6. The van der Waals surface area contributed by atoms with Gasteiger partial charge in [0.05, 0.1) is 28.5 Å². The number of hydrogen-bond donors (Lipinski definition) is 2. The molecule has 0 radical (unpaired) electrons. The highest BCUT2D eigenvalue weighted by Gasteiger charge is 2.24. The van der Waals surface area contributed by atoms with Crippen LogP contribution in [0.3, 0.4) is 0 Å². The molecule has 0 spiro atoms. The number of aryl methyl sites for hydroxylation is 1. The van der Waals surface area contributed by atoms with Gasteiger partial charge in [0.2, 0.25) is 0 Å². The third-order valence-corrected chi connectivity index (χ3v) is 6.66. The van der Waals surface area contributed by atoms with E-state index >= 15 is 0 Å². The number of nitrogens with one attached hydrogen (secondary N) is 2. The van der Waals surface area contributed by atoms with Crippen molar-refractivity contribution >= 4 is 21.3 Å². The number of amides is 1. The Balaban J connectivity index is 1.81. The van der Waals surface area contributed by atoms with Crippen molar-refractivity contribution in [2.45, 2.75) is 18.7 Å². The molecule has 2 aromatic carbocycles. The zero-order valence-corrected chi connectivity index (χ0v) is 21.8. The molecule has 0 aliphatic rings. The molecule has 1 atom stereocenters. The first kappa shape index (κ1) is 26.2. The molecule has 0 saturated carbocycles. The van der Waals surface area contributed by atoms with Gasteiger partial charge in [0, 0.05) is 40.9 Å². The van der Waals surface area contributed by atoms with Gasteiger partial charge in [-0.25, -0.2) is 19.0 Å². The van der Waals surface area contributed by atoms with Crippen molar-refractivity contribution in [3.8, 4) is 34.7 Å². The van der Waals surface area contributed by atoms with Crippen LogP contribution in [-0.4, -0.2) is 43.6 Å². The molecule has 2 aromatic heterocycles. The largest absolute Gasteiger partial charge is 0.493 e. The van der Waals surface area contributed by atoms with Crippen molar-refractivity contribution in [3.63, 3.8) is 0 Å². The van der Waals surface area contributed by atoms with Crippen molar-refractivity contribution in [1.82, 2.24) is 20.2 Å². The van der Waals surface area contributed by atoms with Crippen LogP contribution in [0.15, 0.2) is 59.8 Å². The van der Waals surface area contributed by atoms with Crippen LogP contribution in [0.2, 0.25) is 0 Å². The minimum absolute atomic E-state index is 0.0792. The van der Waals surface area contributed by atoms with Crippen LogP contribution in [0.25, 0.3) is 11.3 Å². The average molecular weight is 530 g/mol. The van der Waals surface area contributed by atoms with Gasteiger partial charge in [0.25, 0.3) is 11.8 Å². The van der Waals surface area contributed by atoms with Crippen molar-refractivity contribution in [2.75, 3.05) is 18.7 Å². The lowest BCUT2D eigenvalue weighted by Gasteiger charge is -2.16. The van der Waals surface area contributed by atoms with E-state index in [1.165, 1.54) is 31.6 Å². The molecule has 0 saturated heterocycles. The number of carbonyl (C=O) groups excluding carboxylic acids is 1. The molecule has 4 aromatic rings. The number of methoxy groups -OCH3 is 1. The molecule has 0 fully saturated rings. The zero-order chi connectivity index (χ0) is 27.4. The summed E-state index contributed by atoms with van der Waals surface area (Å²) in [6.45, 7) is 3.45. The molecule has 2 heterocycles. The Morgan fingerprint density at radius 1 is 1.08 bits per heavy atom. The Morgan fingerprint density at radius 3 is 2.47 bits per heavy atom. The fraction of sp³-hybridized carbons (Fsp3) is 0.154. The maximum Gasteiger partial charge on any atom is 0.261 e. The Morgan fingerprint density at radius 2 is 1.82 bits per heavy atom. The predicted octanol–water partition coefficient (Wildman–Crippen LogP) is 4.51. The van der Waals surface area contributed by atoms with Crippen LogP contribution in [0.4, 0.5) is 5.69 Å². The average Bonchev–Trinajstić information content (AvgIpc) is 2.89. The van der Waals surface area contributed by atoms with Crippen molar-refractivity contribution in [1.29, 1.82) is 10.0 Å². The van der Waals surface area contributed by atoms with E-state index in [0.717, 1.165) is 0 Å². The van der Waals surface area contributed by atoms with E-state index in [1.54, 1.807) is 50.5 Å². The lowest BCUT2D eigenvalue weighted by atomic mass is 10.0. The smallest absolute Gasteiger partial charge is 0.261 e. The minimum Gasteiger partial charge on any atom is -0.493 e. The molecule has 38 heavy (non-hydrogen) atoms. The summed E-state index contributed by atoms with van der Waals surface area (Å²) in [7, 11) is -1.56. The first-order chi connectivity index (χ1) is 18.1. The maximum absolute atomic E-state index is 13.6. The summed E-state index contributed by atoms with van der Waals surface area (Å²) in [6.07, 6.45) is 4.47. The van der Waals surface area contributed by atoms with Gasteiger partial charge in [-0.3, -0.25) is 4.79 Å². The van der Waals surface area contributed by atoms with Gasteiger partial charge in [-0.15, -0.1) is 10.2 Å². The van der Waals surface area contributed by atoms with Gasteiger partial charge in [-0.2, -0.15) is 5.26 Å². The second-order valence-electron chi connectivity index (χ2n) is 8.28. The number of nitrogens with zero attached hydrogens (tertiary/aromatic N) is 5. The van der Waals surface area contributed by atoms with E-state index in [2.05, 4.69) is 25.5 Å². The zero-order valence-electron chi connectivity index (χ0n) is 21.0. The quantitative estimate of drug-likeness (QED) is 0.350. The first-order valence-corrected chi connectivity index (χ1v) is 13.1. The Labute approximate surface area is 219 Å². The van der Waals surface area contributed by atoms with Gasteiger partial charge in [0.1, 0.15) is 17.1 Å². The fourth-order valence-corrected chi connectivity index (χ4v) is 4.25. The van der Waals surface area contributed by atoms with E-state index in [1.807, 2.05) is 6.07 Å². The number of carbonyl (C=O) groups is 1. The summed E-state index contributed by atoms with van der Waals surface area (Å²) in [4.78, 5) is 22.3. The summed E-state index contributed by atoms with van der Waals surface area (Å²) in [5.74, 6) is 0.399. The highest BCUT2D eigenvalue weighted by Crippen LogP contribution is 2.35. The summed E-state index contributed by atoms with van der Waals surface area (Å²) in [5, 5.41) is 20.4. The van der Waals surface area contributed by atoms with E-state index in [0.29, 0.717) is 33.9 Å². The van der Waals surface area contributed by atoms with E-state index < -0.39 is 15.6 Å². The molecule has 192 valence electrons. The first-order valence-electron chi connectivity index (χ1n) is 11.2. The third-order valence-electron chi connectivity index (χ3n) is 5.51. The van der Waals surface area contributed by atoms with Gasteiger partial charge >= 0.3 is 0 Å². The normalized spacial score (nSPS) is 12.2. The molecule has 12 heteroatoms. The van der Waals surface area contributed by atoms with Gasteiger partial charge < -0.3 is 14.8 Å². The Hall–Kier alpha value is -4.89. The number of anilines is 1. The molecule has 11 nitrogen and oxygen atoms in total. The summed E-state index contributed by atoms with van der Waals surface area (Å²) in [6, 6.07) is 12.9. The maximum atomic E-state index is 13.6. The van der Waals surface area contributed by atoms with Gasteiger partial charge in [-0.1, -0.05) is 6.07 Å². The topological polar surface area (TPSA) is 164 Å². The Bertz CT molecular complexity index is 1680.